The molecule has 0 aliphatic rings. The molecular formula is C13H12F2N2O2S. The highest BCUT2D eigenvalue weighted by Gasteiger charge is 2.18. The number of sulfonamides is 1. The number of aryl methyl sites for hydroxylation is 1. The van der Waals surface area contributed by atoms with Crippen LogP contribution in [-0.2, 0) is 10.0 Å². The molecular weight excluding hydrogens is 286 g/mol. The van der Waals surface area contributed by atoms with Gasteiger partial charge in [-0.1, -0.05) is 0 Å². The van der Waals surface area contributed by atoms with E-state index in [0.717, 1.165) is 24.3 Å². The molecule has 0 bridgehead atoms. The van der Waals surface area contributed by atoms with Crippen molar-refractivity contribution in [2.75, 3.05) is 10.5 Å². The lowest BCUT2D eigenvalue weighted by molar-refractivity contribution is 0.600. The summed E-state index contributed by atoms with van der Waals surface area (Å²) in [5.41, 5.74) is 5.80. The number of hydrogen-bond donors (Lipinski definition) is 2. The number of nitrogen functional groups attached to an aromatic ring is 1. The van der Waals surface area contributed by atoms with Crippen molar-refractivity contribution in [2.24, 2.45) is 0 Å². The van der Waals surface area contributed by atoms with Gasteiger partial charge in [0.2, 0.25) is 0 Å². The van der Waals surface area contributed by atoms with Crippen molar-refractivity contribution in [3.05, 3.63) is 53.6 Å². The Bertz CT molecular complexity index is 761. The largest absolute Gasteiger partial charge is 0.398 e. The van der Waals surface area contributed by atoms with E-state index < -0.39 is 21.7 Å². The summed E-state index contributed by atoms with van der Waals surface area (Å²) in [6.07, 6.45) is 0. The van der Waals surface area contributed by atoms with Gasteiger partial charge in [-0.15, -0.1) is 0 Å². The third kappa shape index (κ3) is 2.88. The average Bonchev–Trinajstić information content (AvgIpc) is 2.33. The van der Waals surface area contributed by atoms with Crippen LogP contribution in [-0.4, -0.2) is 8.42 Å². The normalized spacial score (nSPS) is 11.3. The Labute approximate surface area is 115 Å². The fourth-order valence-electron chi connectivity index (χ4n) is 1.68. The van der Waals surface area contributed by atoms with Gasteiger partial charge >= 0.3 is 0 Å². The van der Waals surface area contributed by atoms with Crippen molar-refractivity contribution in [2.45, 2.75) is 11.8 Å². The molecule has 0 fully saturated rings. The summed E-state index contributed by atoms with van der Waals surface area (Å²) in [5.74, 6) is -1.06. The molecule has 0 atom stereocenters. The smallest absolute Gasteiger partial charge is 0.263 e. The SMILES string of the molecule is Cc1cc(NS(=O)(=O)c2ccc(F)cc2N)ccc1F. The zero-order valence-corrected chi connectivity index (χ0v) is 11.3. The fraction of sp³-hybridized carbons (Fsp3) is 0.0769. The van der Waals surface area contributed by atoms with E-state index in [-0.39, 0.29) is 16.3 Å². The molecule has 0 amide bonds. The lowest BCUT2D eigenvalue weighted by atomic mass is 10.2. The van der Waals surface area contributed by atoms with Crippen LogP contribution in [0.1, 0.15) is 5.56 Å². The lowest BCUT2D eigenvalue weighted by Gasteiger charge is -2.11. The van der Waals surface area contributed by atoms with E-state index in [2.05, 4.69) is 4.72 Å². The first kappa shape index (κ1) is 14.3. The van der Waals surface area contributed by atoms with Crippen LogP contribution in [0.2, 0.25) is 0 Å². The summed E-state index contributed by atoms with van der Waals surface area (Å²) in [6.45, 7) is 1.51. The number of nitrogens with one attached hydrogen (secondary N) is 1. The average molecular weight is 298 g/mol. The number of hydrogen-bond acceptors (Lipinski definition) is 3. The van der Waals surface area contributed by atoms with E-state index in [4.69, 9.17) is 5.73 Å². The maximum Gasteiger partial charge on any atom is 0.263 e. The molecule has 0 aliphatic carbocycles. The molecule has 0 aliphatic heterocycles. The third-order valence-corrected chi connectivity index (χ3v) is 4.13. The molecule has 0 radical (unpaired) electrons. The second kappa shape index (κ2) is 5.09. The van der Waals surface area contributed by atoms with Gasteiger partial charge in [-0.2, -0.15) is 0 Å². The Balaban J connectivity index is 2.38. The zero-order chi connectivity index (χ0) is 14.9. The van der Waals surface area contributed by atoms with Crippen LogP contribution in [0.25, 0.3) is 0 Å². The van der Waals surface area contributed by atoms with E-state index in [1.807, 2.05) is 0 Å². The molecule has 106 valence electrons. The maximum atomic E-state index is 13.1. The third-order valence-electron chi connectivity index (χ3n) is 2.67. The minimum atomic E-state index is -3.95. The van der Waals surface area contributed by atoms with E-state index in [0.29, 0.717) is 5.56 Å². The first-order valence-corrected chi connectivity index (χ1v) is 7.12. The number of nitrogens with two attached hydrogens (primary N) is 1. The van der Waals surface area contributed by atoms with Crippen molar-refractivity contribution < 1.29 is 17.2 Å². The highest BCUT2D eigenvalue weighted by Crippen LogP contribution is 2.23. The standard InChI is InChI=1S/C13H12F2N2O2S/c1-8-6-10(3-4-11(8)15)17-20(18,19)13-5-2-9(14)7-12(13)16/h2-7,17H,16H2,1H3. The van der Waals surface area contributed by atoms with Crippen LogP contribution in [0.4, 0.5) is 20.2 Å². The molecule has 0 saturated carbocycles. The van der Waals surface area contributed by atoms with Crippen molar-refractivity contribution in [3.63, 3.8) is 0 Å². The highest BCUT2D eigenvalue weighted by molar-refractivity contribution is 7.92. The first-order valence-electron chi connectivity index (χ1n) is 5.63. The number of anilines is 2. The predicted octanol–water partition coefficient (Wildman–Crippen LogP) is 2.66. The molecule has 3 N–H and O–H groups in total. The van der Waals surface area contributed by atoms with E-state index in [1.54, 1.807) is 0 Å². The van der Waals surface area contributed by atoms with Gasteiger partial charge in [0, 0.05) is 5.69 Å². The Kier molecular flexibility index (Phi) is 3.63. The van der Waals surface area contributed by atoms with E-state index in [9.17, 15) is 17.2 Å². The molecule has 7 heteroatoms. The Morgan fingerprint density at radius 2 is 1.80 bits per heavy atom. The molecule has 2 rings (SSSR count). The van der Waals surface area contributed by atoms with Crippen LogP contribution >= 0.6 is 0 Å². The summed E-state index contributed by atoms with van der Waals surface area (Å²) in [6, 6.07) is 6.79. The molecule has 2 aromatic carbocycles. The van der Waals surface area contributed by atoms with Crippen molar-refractivity contribution in [1.82, 2.24) is 0 Å². The molecule has 0 saturated heterocycles. The van der Waals surface area contributed by atoms with Gasteiger partial charge in [-0.25, -0.2) is 17.2 Å². The summed E-state index contributed by atoms with van der Waals surface area (Å²) < 4.78 is 52.6. The summed E-state index contributed by atoms with van der Waals surface area (Å²) in [5, 5.41) is 0. The minimum absolute atomic E-state index is 0.198. The van der Waals surface area contributed by atoms with Gasteiger partial charge in [0.15, 0.2) is 0 Å². The predicted molar refractivity (Wildman–Crippen MR) is 72.8 cm³/mol. The van der Waals surface area contributed by atoms with Crippen LogP contribution in [0, 0.1) is 18.6 Å². The molecule has 0 unspecified atom stereocenters. The van der Waals surface area contributed by atoms with Crippen molar-refractivity contribution in [1.29, 1.82) is 0 Å². The summed E-state index contributed by atoms with van der Waals surface area (Å²) >= 11 is 0. The van der Waals surface area contributed by atoms with Crippen LogP contribution < -0.4 is 10.5 Å². The van der Waals surface area contributed by atoms with Crippen LogP contribution in [0.15, 0.2) is 41.3 Å². The van der Waals surface area contributed by atoms with Gasteiger partial charge in [-0.3, -0.25) is 4.72 Å². The Hall–Kier alpha value is -2.15. The summed E-state index contributed by atoms with van der Waals surface area (Å²) in [4.78, 5) is -0.235. The molecule has 0 spiro atoms. The minimum Gasteiger partial charge on any atom is -0.398 e. The second-order valence-corrected chi connectivity index (χ2v) is 5.90. The monoisotopic (exact) mass is 298 g/mol. The van der Waals surface area contributed by atoms with Crippen molar-refractivity contribution >= 4 is 21.4 Å². The topological polar surface area (TPSA) is 72.2 Å². The van der Waals surface area contributed by atoms with Gasteiger partial charge in [0.1, 0.15) is 16.5 Å². The second-order valence-electron chi connectivity index (χ2n) is 4.25. The van der Waals surface area contributed by atoms with Crippen LogP contribution in [0.3, 0.4) is 0 Å². The number of halogens is 2. The lowest BCUT2D eigenvalue weighted by Crippen LogP contribution is -2.15. The van der Waals surface area contributed by atoms with Gasteiger partial charge < -0.3 is 5.73 Å². The molecule has 20 heavy (non-hydrogen) atoms. The number of rotatable bonds is 3. The molecule has 2 aromatic rings. The first-order chi connectivity index (χ1) is 9.29. The molecule has 4 nitrogen and oxygen atoms in total. The summed E-state index contributed by atoms with van der Waals surface area (Å²) in [7, 11) is -3.95. The Morgan fingerprint density at radius 1 is 1.10 bits per heavy atom. The van der Waals surface area contributed by atoms with Gasteiger partial charge in [0.05, 0.1) is 5.69 Å². The maximum absolute atomic E-state index is 13.1. The quantitative estimate of drug-likeness (QED) is 0.856. The van der Waals surface area contributed by atoms with E-state index in [1.165, 1.54) is 19.1 Å². The number of benzene rings is 2. The van der Waals surface area contributed by atoms with Gasteiger partial charge in [0.25, 0.3) is 10.0 Å². The zero-order valence-electron chi connectivity index (χ0n) is 10.5. The van der Waals surface area contributed by atoms with Gasteiger partial charge in [-0.05, 0) is 48.9 Å². The van der Waals surface area contributed by atoms with Crippen LogP contribution in [0.5, 0.6) is 0 Å². The Morgan fingerprint density at radius 3 is 2.40 bits per heavy atom. The van der Waals surface area contributed by atoms with Crippen molar-refractivity contribution in [3.8, 4) is 0 Å². The highest BCUT2D eigenvalue weighted by atomic mass is 32.2. The molecule has 0 aromatic heterocycles. The molecule has 0 heterocycles. The van der Waals surface area contributed by atoms with E-state index >= 15 is 0 Å². The fourth-order valence-corrected chi connectivity index (χ4v) is 2.85.